The third-order valence-corrected chi connectivity index (χ3v) is 3.53. The first kappa shape index (κ1) is 4.58. The minimum Gasteiger partial charge on any atom is -0.0704 e. The maximum atomic E-state index is 7.84. The van der Waals surface area contributed by atoms with E-state index in [1.54, 1.807) is 11.1 Å². The van der Waals surface area contributed by atoms with E-state index in [-0.39, 0.29) is 6.40 Å². The van der Waals surface area contributed by atoms with Crippen molar-refractivity contribution in [1.29, 1.82) is 0 Å². The van der Waals surface area contributed by atoms with Gasteiger partial charge in [0, 0.05) is 1.37 Å². The van der Waals surface area contributed by atoms with Gasteiger partial charge in [-0.05, 0) is 50.3 Å². The predicted molar refractivity (Wildman–Crippen MR) is 41.7 cm³/mol. The number of hydrogen-bond donors (Lipinski definition) is 0. The van der Waals surface area contributed by atoms with Crippen LogP contribution in [-0.2, 0) is 0 Å². The maximum absolute atomic E-state index is 7.84. The Morgan fingerprint density at radius 2 is 2.40 bits per heavy atom. The first-order valence-corrected chi connectivity index (χ1v) is 4.49. The van der Waals surface area contributed by atoms with Gasteiger partial charge in [-0.1, -0.05) is 11.1 Å². The zero-order valence-corrected chi connectivity index (χ0v) is 6.27. The van der Waals surface area contributed by atoms with E-state index in [1.165, 1.54) is 25.7 Å². The van der Waals surface area contributed by atoms with Crippen molar-refractivity contribution in [3.8, 4) is 0 Å². The van der Waals surface area contributed by atoms with E-state index in [2.05, 4.69) is 0 Å². The van der Waals surface area contributed by atoms with Gasteiger partial charge in [0.25, 0.3) is 0 Å². The molecular weight excluding hydrogens is 120 g/mol. The highest BCUT2D eigenvalue weighted by atomic mass is 14.5. The van der Waals surface area contributed by atoms with Crippen molar-refractivity contribution in [2.45, 2.75) is 38.5 Å². The van der Waals surface area contributed by atoms with Crippen molar-refractivity contribution in [2.24, 2.45) is 11.8 Å². The van der Waals surface area contributed by atoms with Gasteiger partial charge in [0.1, 0.15) is 0 Å². The lowest BCUT2D eigenvalue weighted by atomic mass is 9.89. The van der Waals surface area contributed by atoms with E-state index in [9.17, 15) is 0 Å². The second kappa shape index (κ2) is 1.66. The highest BCUT2D eigenvalue weighted by Gasteiger charge is 2.40. The van der Waals surface area contributed by atoms with Crippen molar-refractivity contribution < 1.29 is 1.37 Å². The first-order valence-electron chi connectivity index (χ1n) is 5.07. The van der Waals surface area contributed by atoms with Gasteiger partial charge < -0.3 is 0 Å². The van der Waals surface area contributed by atoms with Crippen LogP contribution < -0.4 is 0 Å². The van der Waals surface area contributed by atoms with Crippen LogP contribution in [0.4, 0.5) is 0 Å². The molecule has 10 heavy (non-hydrogen) atoms. The summed E-state index contributed by atoms with van der Waals surface area (Å²) in [6.45, 7) is 0. The summed E-state index contributed by atoms with van der Waals surface area (Å²) in [7, 11) is 0. The molecule has 2 fully saturated rings. The van der Waals surface area contributed by atoms with Crippen LogP contribution in [0, 0.1) is 11.8 Å². The summed E-state index contributed by atoms with van der Waals surface area (Å²) < 4.78 is 7.84. The van der Waals surface area contributed by atoms with Crippen molar-refractivity contribution >= 4 is 0 Å². The van der Waals surface area contributed by atoms with Crippen molar-refractivity contribution in [3.05, 3.63) is 11.1 Å². The summed E-state index contributed by atoms with van der Waals surface area (Å²) in [5, 5.41) is 0. The molecule has 0 heterocycles. The fraction of sp³-hybridized carbons (Fsp3) is 0.800. The number of hydrogen-bond acceptors (Lipinski definition) is 0. The normalized spacial score (nSPS) is 52.0. The number of allylic oxidation sites excluding steroid dienone is 2. The molecule has 0 amide bonds. The molecule has 0 aromatic rings. The quantitative estimate of drug-likeness (QED) is 0.448. The van der Waals surface area contributed by atoms with Crippen LogP contribution in [-0.4, -0.2) is 0 Å². The van der Waals surface area contributed by atoms with E-state index in [1.807, 2.05) is 0 Å². The fourth-order valence-electron chi connectivity index (χ4n) is 3.10. The lowest BCUT2D eigenvalue weighted by molar-refractivity contribution is 0.411. The molecule has 3 aliphatic rings. The van der Waals surface area contributed by atoms with Crippen LogP contribution in [0.2, 0.25) is 0 Å². The Hall–Kier alpha value is -0.260. The molecule has 0 aromatic heterocycles. The molecule has 0 N–H and O–H groups in total. The second-order valence-electron chi connectivity index (χ2n) is 3.94. The van der Waals surface area contributed by atoms with Gasteiger partial charge in [-0.15, -0.1) is 0 Å². The van der Waals surface area contributed by atoms with Crippen molar-refractivity contribution in [3.63, 3.8) is 0 Å². The SMILES string of the molecule is [2H]C1CC2=C3CCCC3C1C2. The molecule has 0 saturated heterocycles. The zero-order valence-electron chi connectivity index (χ0n) is 7.27. The van der Waals surface area contributed by atoms with E-state index in [0.717, 1.165) is 18.3 Å². The summed E-state index contributed by atoms with van der Waals surface area (Å²) in [5.41, 5.74) is 3.48. The van der Waals surface area contributed by atoms with Gasteiger partial charge in [0.15, 0.2) is 0 Å². The Bertz CT molecular complexity index is 229. The molecule has 3 rings (SSSR count). The largest absolute Gasteiger partial charge is 0.0704 e. The molecule has 2 saturated carbocycles. The Labute approximate surface area is 63.7 Å². The van der Waals surface area contributed by atoms with Gasteiger partial charge in [-0.3, -0.25) is 0 Å². The lowest BCUT2D eigenvalue weighted by Crippen LogP contribution is -2.06. The first-order chi connectivity index (χ1) is 5.36. The minimum atomic E-state index is 0.275. The molecule has 0 nitrogen and oxygen atoms in total. The third-order valence-electron chi connectivity index (χ3n) is 3.53. The second-order valence-corrected chi connectivity index (χ2v) is 3.94. The molecule has 3 aliphatic carbocycles. The summed E-state index contributed by atoms with van der Waals surface area (Å²) in [4.78, 5) is 0. The Balaban J connectivity index is 2.04. The van der Waals surface area contributed by atoms with Crippen LogP contribution in [0.5, 0.6) is 0 Å². The third kappa shape index (κ3) is 0.492. The lowest BCUT2D eigenvalue weighted by Gasteiger charge is -2.16. The standard InChI is InChI=1S/C10H14/c1-2-9-7-4-5-8(6-7)10(9)3-1/h7,9H,1-6H2/i4D. The molecule has 3 atom stereocenters. The molecule has 54 valence electrons. The molecule has 0 heteroatoms. The smallest absolute Gasteiger partial charge is 0.0273 e. The highest BCUT2D eigenvalue weighted by molar-refractivity contribution is 5.31. The van der Waals surface area contributed by atoms with Crippen LogP contribution in [0.25, 0.3) is 0 Å². The molecular formula is C10H14. The number of rotatable bonds is 0. The molecule has 0 spiro atoms. The van der Waals surface area contributed by atoms with Gasteiger partial charge in [0.05, 0.1) is 0 Å². The van der Waals surface area contributed by atoms with Gasteiger partial charge in [-0.2, -0.15) is 0 Å². The molecule has 0 aromatic carbocycles. The van der Waals surface area contributed by atoms with Gasteiger partial charge >= 0.3 is 0 Å². The monoisotopic (exact) mass is 135 g/mol. The van der Waals surface area contributed by atoms with Crippen LogP contribution in [0.15, 0.2) is 11.1 Å². The van der Waals surface area contributed by atoms with Crippen molar-refractivity contribution in [1.82, 2.24) is 0 Å². The molecule has 0 aliphatic heterocycles. The summed E-state index contributed by atoms with van der Waals surface area (Å²) in [6.07, 6.45) is 6.89. The zero-order chi connectivity index (χ0) is 7.42. The molecule has 3 unspecified atom stereocenters. The minimum absolute atomic E-state index is 0.275. The van der Waals surface area contributed by atoms with E-state index in [4.69, 9.17) is 1.37 Å². The van der Waals surface area contributed by atoms with E-state index >= 15 is 0 Å². The van der Waals surface area contributed by atoms with E-state index < -0.39 is 0 Å². The topological polar surface area (TPSA) is 0 Å². The predicted octanol–water partition coefficient (Wildman–Crippen LogP) is 2.90. The summed E-state index contributed by atoms with van der Waals surface area (Å²) >= 11 is 0. The molecule has 2 bridgehead atoms. The number of fused-ring (bicyclic) bond motifs is 4. The fourth-order valence-corrected chi connectivity index (χ4v) is 3.10. The average Bonchev–Trinajstić information content (AvgIpc) is 2.52. The maximum Gasteiger partial charge on any atom is 0.0273 e. The Morgan fingerprint density at radius 3 is 3.40 bits per heavy atom. The average molecular weight is 135 g/mol. The van der Waals surface area contributed by atoms with Crippen LogP contribution in [0.3, 0.4) is 0 Å². The van der Waals surface area contributed by atoms with Gasteiger partial charge in [-0.25, -0.2) is 0 Å². The molecule has 0 radical (unpaired) electrons. The van der Waals surface area contributed by atoms with E-state index in [0.29, 0.717) is 0 Å². The van der Waals surface area contributed by atoms with Crippen molar-refractivity contribution in [2.75, 3.05) is 0 Å². The van der Waals surface area contributed by atoms with Gasteiger partial charge in [0.2, 0.25) is 0 Å². The Kier molecular flexibility index (Phi) is 0.763. The van der Waals surface area contributed by atoms with Crippen LogP contribution >= 0.6 is 0 Å². The summed E-state index contributed by atoms with van der Waals surface area (Å²) in [6, 6.07) is 0. The highest BCUT2D eigenvalue weighted by Crippen LogP contribution is 2.54. The summed E-state index contributed by atoms with van der Waals surface area (Å²) in [5.74, 6) is 1.63. The van der Waals surface area contributed by atoms with Crippen LogP contribution in [0.1, 0.15) is 39.9 Å². The Morgan fingerprint density at radius 1 is 1.40 bits per heavy atom.